The van der Waals surface area contributed by atoms with E-state index < -0.39 is 0 Å². The molecular formula is C11H16BrN3O2. The lowest BCUT2D eigenvalue weighted by Gasteiger charge is -2.36. The highest BCUT2D eigenvalue weighted by Crippen LogP contribution is 2.16. The van der Waals surface area contributed by atoms with E-state index in [4.69, 9.17) is 4.74 Å². The molecule has 2 heterocycles. The van der Waals surface area contributed by atoms with Crippen molar-refractivity contribution in [3.8, 4) is 0 Å². The van der Waals surface area contributed by atoms with Crippen LogP contribution in [0.1, 0.15) is 6.92 Å². The van der Waals surface area contributed by atoms with Gasteiger partial charge in [-0.3, -0.25) is 4.79 Å². The van der Waals surface area contributed by atoms with E-state index in [0.29, 0.717) is 18.9 Å². The van der Waals surface area contributed by atoms with Gasteiger partial charge in [-0.1, -0.05) is 15.9 Å². The molecule has 0 amide bonds. The summed E-state index contributed by atoms with van der Waals surface area (Å²) in [5.74, 6) is 0.510. The summed E-state index contributed by atoms with van der Waals surface area (Å²) >= 11 is 3.42. The Bertz CT molecular complexity index is 449. The minimum atomic E-state index is -0.0603. The number of aromatic nitrogens is 2. The SMILES string of the molecule is CC1CN(c2nccn(C)c2=O)CC(CBr)O1. The molecule has 1 aromatic rings. The van der Waals surface area contributed by atoms with E-state index in [1.165, 1.54) is 0 Å². The molecule has 2 unspecified atom stereocenters. The molecule has 1 fully saturated rings. The standard InChI is InChI=1S/C11H16BrN3O2/c1-8-6-15(7-9(5-12)17-8)10-11(16)14(2)4-3-13-10/h3-4,8-9H,5-7H2,1-2H3. The van der Waals surface area contributed by atoms with Crippen molar-refractivity contribution in [1.82, 2.24) is 9.55 Å². The van der Waals surface area contributed by atoms with Crippen LogP contribution in [-0.4, -0.2) is 40.2 Å². The van der Waals surface area contributed by atoms with Gasteiger partial charge in [0.15, 0.2) is 5.82 Å². The molecule has 2 atom stereocenters. The van der Waals surface area contributed by atoms with E-state index >= 15 is 0 Å². The second-order valence-electron chi connectivity index (χ2n) is 4.29. The number of alkyl halides is 1. The van der Waals surface area contributed by atoms with E-state index in [1.54, 1.807) is 24.0 Å². The Morgan fingerprint density at radius 2 is 2.35 bits per heavy atom. The van der Waals surface area contributed by atoms with E-state index in [9.17, 15) is 4.79 Å². The molecule has 17 heavy (non-hydrogen) atoms. The number of rotatable bonds is 2. The van der Waals surface area contributed by atoms with Crippen LogP contribution in [0.5, 0.6) is 0 Å². The number of hydrogen-bond donors (Lipinski definition) is 0. The predicted octanol–water partition coefficient (Wildman–Crippen LogP) is 0.769. The Kier molecular flexibility index (Phi) is 3.83. The van der Waals surface area contributed by atoms with Crippen LogP contribution in [0, 0.1) is 0 Å². The lowest BCUT2D eigenvalue weighted by Crippen LogP contribution is -2.49. The van der Waals surface area contributed by atoms with Gasteiger partial charge in [0.25, 0.3) is 5.56 Å². The molecule has 6 heteroatoms. The van der Waals surface area contributed by atoms with Crippen molar-refractivity contribution in [2.24, 2.45) is 7.05 Å². The van der Waals surface area contributed by atoms with Crippen molar-refractivity contribution in [2.45, 2.75) is 19.1 Å². The average molecular weight is 302 g/mol. The van der Waals surface area contributed by atoms with Crippen LogP contribution in [0.15, 0.2) is 17.2 Å². The zero-order chi connectivity index (χ0) is 12.4. The van der Waals surface area contributed by atoms with Crippen molar-refractivity contribution in [1.29, 1.82) is 0 Å². The Hall–Kier alpha value is -0.880. The minimum Gasteiger partial charge on any atom is -0.371 e. The van der Waals surface area contributed by atoms with E-state index in [2.05, 4.69) is 20.9 Å². The zero-order valence-electron chi connectivity index (χ0n) is 9.97. The molecule has 0 aromatic carbocycles. The Balaban J connectivity index is 2.27. The van der Waals surface area contributed by atoms with Crippen molar-refractivity contribution in [3.63, 3.8) is 0 Å². The van der Waals surface area contributed by atoms with Crippen LogP contribution >= 0.6 is 15.9 Å². The molecule has 0 aliphatic carbocycles. The summed E-state index contributed by atoms with van der Waals surface area (Å²) in [5.41, 5.74) is -0.0603. The molecule has 2 rings (SSSR count). The van der Waals surface area contributed by atoms with Gasteiger partial charge < -0.3 is 14.2 Å². The third kappa shape index (κ3) is 2.69. The van der Waals surface area contributed by atoms with Crippen LogP contribution in [-0.2, 0) is 11.8 Å². The van der Waals surface area contributed by atoms with Gasteiger partial charge in [-0.2, -0.15) is 0 Å². The van der Waals surface area contributed by atoms with Gasteiger partial charge in [0, 0.05) is 37.9 Å². The van der Waals surface area contributed by atoms with Gasteiger partial charge in [0.1, 0.15) is 0 Å². The van der Waals surface area contributed by atoms with Gasteiger partial charge in [-0.25, -0.2) is 4.98 Å². The third-order valence-electron chi connectivity index (χ3n) is 2.80. The second kappa shape index (κ2) is 5.18. The summed E-state index contributed by atoms with van der Waals surface area (Å²) in [6, 6.07) is 0. The summed E-state index contributed by atoms with van der Waals surface area (Å²) in [7, 11) is 1.74. The maximum atomic E-state index is 12.0. The van der Waals surface area contributed by atoms with Crippen LogP contribution in [0.4, 0.5) is 5.82 Å². The molecule has 1 aliphatic heterocycles. The number of nitrogens with zero attached hydrogens (tertiary/aromatic N) is 3. The molecule has 0 bridgehead atoms. The highest BCUT2D eigenvalue weighted by atomic mass is 79.9. The molecule has 94 valence electrons. The fourth-order valence-corrected chi connectivity index (χ4v) is 2.36. The van der Waals surface area contributed by atoms with Crippen molar-refractivity contribution in [3.05, 3.63) is 22.7 Å². The number of hydrogen-bond acceptors (Lipinski definition) is 4. The van der Waals surface area contributed by atoms with E-state index in [-0.39, 0.29) is 17.8 Å². The first-order valence-electron chi connectivity index (χ1n) is 5.60. The first kappa shape index (κ1) is 12.6. The number of halogens is 1. The Morgan fingerprint density at radius 3 is 3.06 bits per heavy atom. The molecule has 1 aromatic heterocycles. The van der Waals surface area contributed by atoms with Crippen molar-refractivity contribution in [2.75, 3.05) is 23.3 Å². The van der Waals surface area contributed by atoms with Gasteiger partial charge in [0.05, 0.1) is 12.2 Å². The highest BCUT2D eigenvalue weighted by Gasteiger charge is 2.26. The quantitative estimate of drug-likeness (QED) is 0.757. The van der Waals surface area contributed by atoms with E-state index in [0.717, 1.165) is 5.33 Å². The number of ether oxygens (including phenoxy) is 1. The summed E-state index contributed by atoms with van der Waals surface area (Å²) < 4.78 is 7.28. The number of aryl methyl sites for hydroxylation is 1. The molecule has 0 saturated carbocycles. The number of morpholine rings is 1. The molecule has 1 saturated heterocycles. The minimum absolute atomic E-state index is 0.0603. The smallest absolute Gasteiger partial charge is 0.293 e. The molecule has 0 N–H and O–H groups in total. The first-order chi connectivity index (χ1) is 8.11. The highest BCUT2D eigenvalue weighted by molar-refractivity contribution is 9.09. The fraction of sp³-hybridized carbons (Fsp3) is 0.636. The van der Waals surface area contributed by atoms with Crippen LogP contribution in [0.2, 0.25) is 0 Å². The van der Waals surface area contributed by atoms with Gasteiger partial charge in [0.2, 0.25) is 0 Å². The zero-order valence-corrected chi connectivity index (χ0v) is 11.6. The van der Waals surface area contributed by atoms with Crippen LogP contribution in [0.3, 0.4) is 0 Å². The summed E-state index contributed by atoms with van der Waals surface area (Å²) in [6.07, 6.45) is 3.53. The molecule has 1 aliphatic rings. The summed E-state index contributed by atoms with van der Waals surface area (Å²) in [5, 5.41) is 0.765. The fourth-order valence-electron chi connectivity index (χ4n) is 2.00. The topological polar surface area (TPSA) is 47.4 Å². The maximum Gasteiger partial charge on any atom is 0.293 e. The second-order valence-corrected chi connectivity index (χ2v) is 4.94. The predicted molar refractivity (Wildman–Crippen MR) is 69.8 cm³/mol. The molecular weight excluding hydrogens is 286 g/mol. The average Bonchev–Trinajstić information content (AvgIpc) is 2.31. The Labute approximate surface area is 109 Å². The summed E-state index contributed by atoms with van der Waals surface area (Å²) in [4.78, 5) is 18.2. The van der Waals surface area contributed by atoms with Crippen LogP contribution < -0.4 is 10.5 Å². The third-order valence-corrected chi connectivity index (χ3v) is 3.52. The van der Waals surface area contributed by atoms with Crippen molar-refractivity contribution >= 4 is 21.7 Å². The normalized spacial score (nSPS) is 25.0. The van der Waals surface area contributed by atoms with E-state index in [1.807, 2.05) is 11.8 Å². The first-order valence-corrected chi connectivity index (χ1v) is 6.72. The van der Waals surface area contributed by atoms with Gasteiger partial charge in [-0.05, 0) is 6.92 Å². The summed E-state index contributed by atoms with van der Waals surface area (Å²) in [6.45, 7) is 3.41. The monoisotopic (exact) mass is 301 g/mol. The molecule has 0 radical (unpaired) electrons. The maximum absolute atomic E-state index is 12.0. The number of anilines is 1. The lowest BCUT2D eigenvalue weighted by atomic mass is 10.2. The lowest BCUT2D eigenvalue weighted by molar-refractivity contribution is -0.00233. The Morgan fingerprint density at radius 1 is 1.59 bits per heavy atom. The largest absolute Gasteiger partial charge is 0.371 e. The van der Waals surface area contributed by atoms with Crippen molar-refractivity contribution < 1.29 is 4.74 Å². The molecule has 0 spiro atoms. The van der Waals surface area contributed by atoms with Crippen LogP contribution in [0.25, 0.3) is 0 Å². The van der Waals surface area contributed by atoms with Gasteiger partial charge >= 0.3 is 0 Å². The molecule has 5 nitrogen and oxygen atoms in total. The van der Waals surface area contributed by atoms with Gasteiger partial charge in [-0.15, -0.1) is 0 Å².